The molecule has 1 heterocycles. The highest BCUT2D eigenvalue weighted by molar-refractivity contribution is 6.10. The Morgan fingerprint density at radius 1 is 0.339 bits per heavy atom. The summed E-state index contributed by atoms with van der Waals surface area (Å²) < 4.78 is 2.40. The molecule has 0 amide bonds. The van der Waals surface area contributed by atoms with Gasteiger partial charge < -0.3 is 9.47 Å². The minimum atomic E-state index is -0.0296. The van der Waals surface area contributed by atoms with E-state index in [1.807, 2.05) is 0 Å². The molecular weight excluding hydrogens is 713 g/mol. The van der Waals surface area contributed by atoms with E-state index >= 15 is 0 Å². The average Bonchev–Trinajstić information content (AvgIpc) is 3.75. The van der Waals surface area contributed by atoms with Gasteiger partial charge in [0.05, 0.1) is 11.0 Å². The first-order chi connectivity index (χ1) is 29.0. The van der Waals surface area contributed by atoms with Crippen LogP contribution in [0.1, 0.15) is 25.0 Å². The summed E-state index contributed by atoms with van der Waals surface area (Å²) in [6.45, 7) is 4.69. The Labute approximate surface area is 345 Å². The lowest BCUT2D eigenvalue weighted by molar-refractivity contribution is 0.660. The van der Waals surface area contributed by atoms with Gasteiger partial charge in [0, 0.05) is 38.9 Å². The highest BCUT2D eigenvalue weighted by Crippen LogP contribution is 2.49. The van der Waals surface area contributed by atoms with E-state index in [9.17, 15) is 0 Å². The summed E-state index contributed by atoms with van der Waals surface area (Å²) in [5.41, 5.74) is 19.6. The molecular formula is C57H42N2. The Hall–Kier alpha value is -7.42. The van der Waals surface area contributed by atoms with Crippen molar-refractivity contribution >= 4 is 38.9 Å². The second kappa shape index (κ2) is 13.9. The van der Waals surface area contributed by atoms with E-state index in [1.54, 1.807) is 0 Å². The molecule has 9 aromatic carbocycles. The van der Waals surface area contributed by atoms with Crippen LogP contribution in [-0.2, 0) is 5.41 Å². The molecule has 0 saturated carbocycles. The van der Waals surface area contributed by atoms with Gasteiger partial charge in [-0.25, -0.2) is 0 Å². The van der Waals surface area contributed by atoms with E-state index < -0.39 is 0 Å². The van der Waals surface area contributed by atoms with Crippen LogP contribution in [0.2, 0.25) is 0 Å². The van der Waals surface area contributed by atoms with Gasteiger partial charge in [-0.05, 0) is 128 Å². The van der Waals surface area contributed by atoms with E-state index in [1.165, 1.54) is 77.4 Å². The summed E-state index contributed by atoms with van der Waals surface area (Å²) in [5.74, 6) is 0. The van der Waals surface area contributed by atoms with Crippen molar-refractivity contribution in [1.82, 2.24) is 4.57 Å². The SMILES string of the molecule is CC1(C)c2ccccc2-c2ccc(-c3ccc(N(c4ccccc4)c4ccc(-c5ccc6c(c5)c5ccccc5n6-c5cccc(-c6ccccc6)c5)cc4)cc3)cc21. The Kier molecular flexibility index (Phi) is 8.20. The van der Waals surface area contributed by atoms with Crippen LogP contribution in [0.4, 0.5) is 17.1 Å². The molecule has 1 aliphatic rings. The summed E-state index contributed by atoms with van der Waals surface area (Å²) in [4.78, 5) is 2.34. The molecule has 0 spiro atoms. The summed E-state index contributed by atoms with van der Waals surface area (Å²) >= 11 is 0. The van der Waals surface area contributed by atoms with Gasteiger partial charge in [-0.1, -0.05) is 159 Å². The van der Waals surface area contributed by atoms with Crippen molar-refractivity contribution in [3.05, 3.63) is 230 Å². The van der Waals surface area contributed by atoms with E-state index in [0.717, 1.165) is 22.7 Å². The Morgan fingerprint density at radius 3 is 1.59 bits per heavy atom. The third kappa shape index (κ3) is 5.87. The van der Waals surface area contributed by atoms with Gasteiger partial charge in [-0.2, -0.15) is 0 Å². The number of hydrogen-bond acceptors (Lipinski definition) is 1. The van der Waals surface area contributed by atoms with Crippen LogP contribution < -0.4 is 4.90 Å². The molecule has 1 aromatic heterocycles. The molecule has 0 bridgehead atoms. The predicted molar refractivity (Wildman–Crippen MR) is 249 cm³/mol. The summed E-state index contributed by atoms with van der Waals surface area (Å²) in [6.07, 6.45) is 0. The summed E-state index contributed by atoms with van der Waals surface area (Å²) in [5, 5.41) is 2.49. The number of hydrogen-bond donors (Lipinski definition) is 0. The van der Waals surface area contributed by atoms with Crippen LogP contribution in [0.15, 0.2) is 218 Å². The van der Waals surface area contributed by atoms with Crippen LogP contribution in [0.5, 0.6) is 0 Å². The van der Waals surface area contributed by atoms with Crippen molar-refractivity contribution < 1.29 is 0 Å². The first-order valence-electron chi connectivity index (χ1n) is 20.5. The maximum absolute atomic E-state index is 2.40. The zero-order chi connectivity index (χ0) is 39.5. The first kappa shape index (κ1) is 34.8. The molecule has 2 heteroatoms. The molecule has 2 nitrogen and oxygen atoms in total. The fourth-order valence-corrected chi connectivity index (χ4v) is 9.40. The number of rotatable bonds is 7. The predicted octanol–water partition coefficient (Wildman–Crippen LogP) is 15.6. The van der Waals surface area contributed by atoms with Crippen molar-refractivity contribution in [2.45, 2.75) is 19.3 Å². The lowest BCUT2D eigenvalue weighted by Gasteiger charge is -2.26. The third-order valence-electron chi connectivity index (χ3n) is 12.4. The van der Waals surface area contributed by atoms with Crippen molar-refractivity contribution in [1.29, 1.82) is 0 Å². The van der Waals surface area contributed by atoms with Gasteiger partial charge in [0.15, 0.2) is 0 Å². The number of para-hydroxylation sites is 2. The van der Waals surface area contributed by atoms with Crippen molar-refractivity contribution in [2.75, 3.05) is 4.90 Å². The maximum atomic E-state index is 2.40. The molecule has 0 aliphatic heterocycles. The first-order valence-corrected chi connectivity index (χ1v) is 20.5. The normalized spacial score (nSPS) is 12.7. The van der Waals surface area contributed by atoms with Gasteiger partial charge >= 0.3 is 0 Å². The molecule has 0 fully saturated rings. The van der Waals surface area contributed by atoms with E-state index in [4.69, 9.17) is 0 Å². The van der Waals surface area contributed by atoms with Crippen molar-refractivity contribution in [3.8, 4) is 50.2 Å². The highest BCUT2D eigenvalue weighted by atomic mass is 15.1. The molecule has 0 atom stereocenters. The molecule has 59 heavy (non-hydrogen) atoms. The van der Waals surface area contributed by atoms with Crippen LogP contribution in [0.25, 0.3) is 72.0 Å². The van der Waals surface area contributed by atoms with Gasteiger partial charge in [-0.15, -0.1) is 0 Å². The topological polar surface area (TPSA) is 8.17 Å². The van der Waals surface area contributed by atoms with E-state index in [0.29, 0.717) is 0 Å². The Morgan fingerprint density at radius 2 is 0.847 bits per heavy atom. The highest BCUT2D eigenvalue weighted by Gasteiger charge is 2.35. The van der Waals surface area contributed by atoms with Gasteiger partial charge in [0.25, 0.3) is 0 Å². The standard InChI is InChI=1S/C57H42N2/c1-57(2)53-22-11-9-20-49(53)50-34-28-44(38-54(50)57)41-26-32-47(33-27-41)58(45-17-7-4-8-18-45)46-30-24-40(25-31-46)43-29-35-56-52(37-43)51-21-10-12-23-55(51)59(56)48-19-13-16-42(36-48)39-14-5-3-6-15-39/h3-38H,1-2H3. The zero-order valence-electron chi connectivity index (χ0n) is 33.2. The van der Waals surface area contributed by atoms with Crippen LogP contribution in [0, 0.1) is 0 Å². The van der Waals surface area contributed by atoms with Gasteiger partial charge in [0.1, 0.15) is 0 Å². The van der Waals surface area contributed by atoms with Gasteiger partial charge in [0.2, 0.25) is 0 Å². The Bertz CT molecular complexity index is 3150. The molecule has 1 aliphatic carbocycles. The van der Waals surface area contributed by atoms with E-state index in [2.05, 4.69) is 242 Å². The fraction of sp³-hybridized carbons (Fsp3) is 0.0526. The maximum Gasteiger partial charge on any atom is 0.0541 e. The Balaban J connectivity index is 0.928. The van der Waals surface area contributed by atoms with Crippen molar-refractivity contribution in [2.24, 2.45) is 0 Å². The lowest BCUT2D eigenvalue weighted by Crippen LogP contribution is -2.14. The minimum Gasteiger partial charge on any atom is -0.311 e. The molecule has 280 valence electrons. The second-order valence-corrected chi connectivity index (χ2v) is 16.2. The monoisotopic (exact) mass is 754 g/mol. The van der Waals surface area contributed by atoms with Crippen LogP contribution >= 0.6 is 0 Å². The van der Waals surface area contributed by atoms with Gasteiger partial charge in [-0.3, -0.25) is 0 Å². The number of nitrogens with zero attached hydrogens (tertiary/aromatic N) is 2. The smallest absolute Gasteiger partial charge is 0.0541 e. The third-order valence-corrected chi connectivity index (χ3v) is 12.4. The number of anilines is 3. The molecule has 0 unspecified atom stereocenters. The quantitative estimate of drug-likeness (QED) is 0.157. The number of aromatic nitrogens is 1. The lowest BCUT2D eigenvalue weighted by atomic mass is 9.81. The molecule has 0 saturated heterocycles. The summed E-state index contributed by atoms with van der Waals surface area (Å²) in [6, 6.07) is 79.7. The largest absolute Gasteiger partial charge is 0.311 e. The molecule has 11 rings (SSSR count). The van der Waals surface area contributed by atoms with Crippen LogP contribution in [0.3, 0.4) is 0 Å². The number of benzene rings is 9. The van der Waals surface area contributed by atoms with E-state index in [-0.39, 0.29) is 5.41 Å². The zero-order valence-corrected chi connectivity index (χ0v) is 33.2. The summed E-state index contributed by atoms with van der Waals surface area (Å²) in [7, 11) is 0. The average molecular weight is 755 g/mol. The number of fused-ring (bicyclic) bond motifs is 6. The minimum absolute atomic E-state index is 0.0296. The fourth-order valence-electron chi connectivity index (χ4n) is 9.40. The molecule has 0 N–H and O–H groups in total. The molecule has 0 radical (unpaired) electrons. The second-order valence-electron chi connectivity index (χ2n) is 16.2. The van der Waals surface area contributed by atoms with Crippen molar-refractivity contribution in [3.63, 3.8) is 0 Å². The van der Waals surface area contributed by atoms with Crippen LogP contribution in [-0.4, -0.2) is 4.57 Å². The molecule has 10 aromatic rings.